The molecule has 0 saturated carbocycles. The maximum atomic E-state index is 10.9. The number of aromatic nitrogens is 1. The number of esters is 1. The Balaban J connectivity index is 2.43. The third-order valence-corrected chi connectivity index (χ3v) is 1.62. The number of carbonyl (C=O) groups is 1. The van der Waals surface area contributed by atoms with Gasteiger partial charge in [-0.1, -0.05) is 18.2 Å². The number of nitrogens with zero attached hydrogens (tertiary/aromatic N) is 1. The van der Waals surface area contributed by atoms with Crippen molar-refractivity contribution in [1.29, 1.82) is 0 Å². The summed E-state index contributed by atoms with van der Waals surface area (Å²) in [6.45, 7) is 2.18. The second-order valence-electron chi connectivity index (χ2n) is 2.75. The lowest BCUT2D eigenvalue weighted by Gasteiger charge is -1.92. The normalized spacial score (nSPS) is 11.0. The Bertz CT molecular complexity index is 355. The van der Waals surface area contributed by atoms with E-state index in [2.05, 4.69) is 4.98 Å². The second-order valence-corrected chi connectivity index (χ2v) is 2.75. The van der Waals surface area contributed by atoms with Crippen LogP contribution in [0.3, 0.4) is 0 Å². The van der Waals surface area contributed by atoms with Crippen molar-refractivity contribution < 1.29 is 9.53 Å². The van der Waals surface area contributed by atoms with Crippen molar-refractivity contribution in [2.24, 2.45) is 0 Å². The van der Waals surface area contributed by atoms with Gasteiger partial charge in [0.05, 0.1) is 6.61 Å². The summed E-state index contributed by atoms with van der Waals surface area (Å²) in [4.78, 5) is 14.8. The number of carbonyl (C=O) groups excluding carboxylic acids is 1. The van der Waals surface area contributed by atoms with Gasteiger partial charge >= 0.3 is 5.97 Å². The van der Waals surface area contributed by atoms with E-state index in [9.17, 15) is 4.79 Å². The highest BCUT2D eigenvalue weighted by Gasteiger charge is 1.90. The summed E-state index contributed by atoms with van der Waals surface area (Å²) in [5.41, 5.74) is 1.04. The van der Waals surface area contributed by atoms with E-state index in [1.807, 2.05) is 18.2 Å². The molecule has 0 radical (unpaired) electrons. The average Bonchev–Trinajstić information content (AvgIpc) is 2.26. The minimum atomic E-state index is -0.322. The molecule has 0 aliphatic rings. The van der Waals surface area contributed by atoms with Gasteiger partial charge in [-0.05, 0) is 24.6 Å². The van der Waals surface area contributed by atoms with Crippen LogP contribution in [0.5, 0.6) is 0 Å². The molecule has 0 aliphatic carbocycles. The second kappa shape index (κ2) is 6.54. The first-order valence-corrected chi connectivity index (χ1v) is 4.74. The summed E-state index contributed by atoms with van der Waals surface area (Å²) in [5.74, 6) is -0.322. The molecule has 0 saturated heterocycles. The van der Waals surface area contributed by atoms with E-state index in [0.29, 0.717) is 6.61 Å². The topological polar surface area (TPSA) is 39.2 Å². The van der Waals surface area contributed by atoms with Crippen LogP contribution >= 0.6 is 0 Å². The summed E-state index contributed by atoms with van der Waals surface area (Å²) in [5, 5.41) is 0. The maximum Gasteiger partial charge on any atom is 0.330 e. The quantitative estimate of drug-likeness (QED) is 0.428. The smallest absolute Gasteiger partial charge is 0.330 e. The predicted octanol–water partition coefficient (Wildman–Crippen LogP) is 2.21. The van der Waals surface area contributed by atoms with Crippen molar-refractivity contribution in [3.05, 3.63) is 48.3 Å². The van der Waals surface area contributed by atoms with Crippen LogP contribution in [0.2, 0.25) is 0 Å². The van der Waals surface area contributed by atoms with Gasteiger partial charge in [-0.2, -0.15) is 0 Å². The molecule has 1 heterocycles. The Hall–Kier alpha value is -1.90. The Morgan fingerprint density at radius 2 is 2.13 bits per heavy atom. The first-order valence-electron chi connectivity index (χ1n) is 4.74. The standard InChI is InChI=1S/C12H13NO2/c1-2-15-12(14)6-4-3-5-11-7-9-13-10-8-11/h3-10H,2H2,1H3/b5-3+,6-4+. The molecule has 0 fully saturated rings. The number of allylic oxidation sites excluding steroid dienone is 2. The van der Waals surface area contributed by atoms with Crippen molar-refractivity contribution in [3.63, 3.8) is 0 Å². The number of hydrogen-bond donors (Lipinski definition) is 0. The van der Waals surface area contributed by atoms with Gasteiger partial charge in [0.15, 0.2) is 0 Å². The molecule has 1 aromatic heterocycles. The van der Waals surface area contributed by atoms with Gasteiger partial charge in [-0.25, -0.2) is 4.79 Å². The van der Waals surface area contributed by atoms with E-state index in [4.69, 9.17) is 4.74 Å². The highest BCUT2D eigenvalue weighted by Crippen LogP contribution is 1.98. The van der Waals surface area contributed by atoms with E-state index in [-0.39, 0.29) is 5.97 Å². The minimum Gasteiger partial charge on any atom is -0.463 e. The highest BCUT2D eigenvalue weighted by molar-refractivity contribution is 5.82. The molecule has 1 rings (SSSR count). The third-order valence-electron chi connectivity index (χ3n) is 1.62. The van der Waals surface area contributed by atoms with Crippen LogP contribution < -0.4 is 0 Å². The average molecular weight is 203 g/mol. The molecule has 0 bridgehead atoms. The summed E-state index contributed by atoms with van der Waals surface area (Å²) >= 11 is 0. The SMILES string of the molecule is CCOC(=O)/C=C/C=C/c1ccncc1. The molecule has 3 nitrogen and oxygen atoms in total. The largest absolute Gasteiger partial charge is 0.463 e. The van der Waals surface area contributed by atoms with E-state index >= 15 is 0 Å². The summed E-state index contributed by atoms with van der Waals surface area (Å²) in [7, 11) is 0. The molecule has 78 valence electrons. The molecular formula is C12H13NO2. The fraction of sp³-hybridized carbons (Fsp3) is 0.167. The first-order chi connectivity index (χ1) is 7.33. The zero-order chi connectivity index (χ0) is 10.9. The van der Waals surface area contributed by atoms with Gasteiger partial charge in [0, 0.05) is 18.5 Å². The van der Waals surface area contributed by atoms with Gasteiger partial charge in [0.25, 0.3) is 0 Å². The summed E-state index contributed by atoms with van der Waals surface area (Å²) < 4.78 is 4.72. The van der Waals surface area contributed by atoms with Crippen molar-refractivity contribution in [2.45, 2.75) is 6.92 Å². The van der Waals surface area contributed by atoms with E-state index in [0.717, 1.165) is 5.56 Å². The predicted molar refractivity (Wildman–Crippen MR) is 59.0 cm³/mol. The fourth-order valence-corrected chi connectivity index (χ4v) is 0.966. The zero-order valence-electron chi connectivity index (χ0n) is 8.59. The molecule has 0 N–H and O–H groups in total. The molecule has 0 spiro atoms. The van der Waals surface area contributed by atoms with Crippen LogP contribution in [0.15, 0.2) is 42.8 Å². The van der Waals surface area contributed by atoms with Gasteiger partial charge in [0.2, 0.25) is 0 Å². The van der Waals surface area contributed by atoms with Crippen LogP contribution in [0.1, 0.15) is 12.5 Å². The van der Waals surface area contributed by atoms with Crippen molar-refractivity contribution in [3.8, 4) is 0 Å². The summed E-state index contributed by atoms with van der Waals surface area (Å²) in [6.07, 6.45) is 10.1. The van der Waals surface area contributed by atoms with Gasteiger partial charge in [0.1, 0.15) is 0 Å². The minimum absolute atomic E-state index is 0.322. The number of ether oxygens (including phenoxy) is 1. The van der Waals surface area contributed by atoms with Crippen LogP contribution in [0, 0.1) is 0 Å². The first kappa shape index (κ1) is 11.2. The highest BCUT2D eigenvalue weighted by atomic mass is 16.5. The van der Waals surface area contributed by atoms with Crippen molar-refractivity contribution in [2.75, 3.05) is 6.61 Å². The van der Waals surface area contributed by atoms with Gasteiger partial charge in [-0.3, -0.25) is 4.98 Å². The molecule has 1 aromatic rings. The van der Waals surface area contributed by atoms with E-state index < -0.39 is 0 Å². The molecule has 0 aromatic carbocycles. The Kier molecular flexibility index (Phi) is 4.87. The van der Waals surface area contributed by atoms with Gasteiger partial charge in [-0.15, -0.1) is 0 Å². The van der Waals surface area contributed by atoms with Crippen molar-refractivity contribution >= 4 is 12.0 Å². The molecule has 3 heteroatoms. The maximum absolute atomic E-state index is 10.9. The van der Waals surface area contributed by atoms with Crippen molar-refractivity contribution in [1.82, 2.24) is 4.98 Å². The number of hydrogen-bond acceptors (Lipinski definition) is 3. The molecule has 0 atom stereocenters. The Labute approximate surface area is 89.1 Å². The zero-order valence-corrected chi connectivity index (χ0v) is 8.59. The lowest BCUT2D eigenvalue weighted by Crippen LogP contribution is -1.98. The molecular weight excluding hydrogens is 190 g/mol. The molecule has 0 unspecified atom stereocenters. The fourth-order valence-electron chi connectivity index (χ4n) is 0.966. The summed E-state index contributed by atoms with van der Waals surface area (Å²) in [6, 6.07) is 3.77. The Morgan fingerprint density at radius 1 is 1.40 bits per heavy atom. The van der Waals surface area contributed by atoms with Crippen LogP contribution in [-0.4, -0.2) is 17.6 Å². The lowest BCUT2D eigenvalue weighted by atomic mass is 10.2. The number of rotatable bonds is 4. The van der Waals surface area contributed by atoms with E-state index in [1.54, 1.807) is 31.5 Å². The Morgan fingerprint density at radius 3 is 2.80 bits per heavy atom. The monoisotopic (exact) mass is 203 g/mol. The van der Waals surface area contributed by atoms with Crippen LogP contribution in [0.4, 0.5) is 0 Å². The van der Waals surface area contributed by atoms with E-state index in [1.165, 1.54) is 6.08 Å². The third kappa shape index (κ3) is 4.76. The molecule has 0 amide bonds. The molecule has 15 heavy (non-hydrogen) atoms. The van der Waals surface area contributed by atoms with Crippen LogP contribution in [0.25, 0.3) is 6.08 Å². The van der Waals surface area contributed by atoms with Crippen LogP contribution in [-0.2, 0) is 9.53 Å². The lowest BCUT2D eigenvalue weighted by molar-refractivity contribution is -0.137. The number of pyridine rings is 1. The molecule has 0 aliphatic heterocycles. The van der Waals surface area contributed by atoms with Gasteiger partial charge < -0.3 is 4.74 Å².